The Morgan fingerprint density at radius 3 is 1.98 bits per heavy atom. The van der Waals surface area contributed by atoms with Gasteiger partial charge in [-0.1, -0.05) is 17.7 Å². The van der Waals surface area contributed by atoms with E-state index in [1.54, 1.807) is 6.08 Å². The third-order valence-corrected chi connectivity index (χ3v) is 8.71. The van der Waals surface area contributed by atoms with E-state index in [1.165, 1.54) is 6.07 Å². The predicted octanol–water partition coefficient (Wildman–Crippen LogP) is 1.90. The molecule has 3 fully saturated rings. The minimum atomic E-state index is -1.06. The number of carbonyl (C=O) groups is 6. The number of allylic oxidation sites excluding steroid dienone is 2. The van der Waals surface area contributed by atoms with Crippen LogP contribution in [0, 0.1) is 35.4 Å². The Morgan fingerprint density at radius 1 is 0.825 bits per heavy atom. The molecule has 4 amide bonds. The maximum atomic E-state index is 14.5. The number of carboxylic acid groups (broad SMARTS) is 2. The van der Waals surface area contributed by atoms with Gasteiger partial charge in [0, 0.05) is 31.8 Å². The van der Waals surface area contributed by atoms with Crippen molar-refractivity contribution in [3.63, 3.8) is 0 Å². The number of nitrogens with zero attached hydrogens (tertiary/aromatic N) is 2. The number of halogens is 1. The number of benzene rings is 1. The Hall–Kier alpha value is -4.09. The number of likely N-dealkylation sites (tertiary alicyclic amines) is 2. The number of fused-ring (bicyclic) bond motifs is 4. The highest BCUT2D eigenvalue weighted by atomic mass is 19.1. The van der Waals surface area contributed by atoms with Gasteiger partial charge in [0.25, 0.3) is 0 Å². The predicted molar refractivity (Wildman–Crippen MR) is 133 cm³/mol. The largest absolute Gasteiger partial charge is 0.505 e. The van der Waals surface area contributed by atoms with Crippen molar-refractivity contribution in [1.29, 1.82) is 0 Å². The highest BCUT2D eigenvalue weighted by molar-refractivity contribution is 6.08. The van der Waals surface area contributed by atoms with Crippen molar-refractivity contribution in [2.24, 2.45) is 29.6 Å². The first kappa shape index (κ1) is 27.5. The van der Waals surface area contributed by atoms with Gasteiger partial charge in [0.1, 0.15) is 0 Å². The number of carbonyl (C=O) groups excluding carboxylic acids is 4. The second-order valence-corrected chi connectivity index (χ2v) is 10.9. The van der Waals surface area contributed by atoms with Crippen molar-refractivity contribution in [2.75, 3.05) is 13.1 Å². The van der Waals surface area contributed by atoms with Crippen LogP contribution in [0.1, 0.15) is 50.0 Å². The molecule has 0 bridgehead atoms. The molecule has 0 spiro atoms. The van der Waals surface area contributed by atoms with E-state index in [2.05, 4.69) is 0 Å². The fraction of sp³-hybridized carbons (Fsp3) is 0.500. The van der Waals surface area contributed by atoms with Crippen molar-refractivity contribution >= 4 is 35.6 Å². The molecule has 1 aromatic carbocycles. The van der Waals surface area contributed by atoms with E-state index in [9.17, 15) is 38.3 Å². The fourth-order valence-electron chi connectivity index (χ4n) is 7.03. The van der Waals surface area contributed by atoms with Gasteiger partial charge in [0.05, 0.1) is 23.7 Å². The van der Waals surface area contributed by atoms with E-state index >= 15 is 0 Å². The quantitative estimate of drug-likeness (QED) is 0.304. The van der Waals surface area contributed by atoms with Crippen molar-refractivity contribution < 1.29 is 48.5 Å². The van der Waals surface area contributed by atoms with Crippen LogP contribution in [0.4, 0.5) is 4.39 Å². The summed E-state index contributed by atoms with van der Waals surface area (Å²) in [5, 5.41) is 27.7. The van der Waals surface area contributed by atoms with Gasteiger partial charge in [-0.25, -0.2) is 4.39 Å². The van der Waals surface area contributed by atoms with E-state index in [-0.39, 0.29) is 51.6 Å². The normalized spacial score (nSPS) is 29.3. The molecular formula is C28H29FN2O9. The molecule has 2 aliphatic heterocycles. The van der Waals surface area contributed by atoms with Gasteiger partial charge >= 0.3 is 11.9 Å². The van der Waals surface area contributed by atoms with E-state index in [0.29, 0.717) is 11.1 Å². The number of carboxylic acids is 2. The second kappa shape index (κ2) is 10.5. The molecule has 2 saturated heterocycles. The molecule has 212 valence electrons. The standard InChI is InChI=1S/C28H29FN2O9/c29-18-11-13(5-8-19(18)32)22-14-6-7-15-23(27(39)30(25(15)37)9-1-3-20(33)34)16(14)12-17-24(22)28(40)31(26(17)38)10-2-4-21(35)36/h5-6,8,11,15-17,22-24,32H,1-4,7,9-10,12H2,(H,33,34)(H,35,36)/t15-,16+,17+,22-,23-,24+/m0/s1. The summed E-state index contributed by atoms with van der Waals surface area (Å²) >= 11 is 0. The van der Waals surface area contributed by atoms with Gasteiger partial charge in [0.15, 0.2) is 11.6 Å². The van der Waals surface area contributed by atoms with Crippen LogP contribution in [0.5, 0.6) is 5.75 Å². The zero-order valence-corrected chi connectivity index (χ0v) is 21.5. The number of aliphatic carboxylic acids is 2. The molecule has 2 aliphatic carbocycles. The third kappa shape index (κ3) is 4.54. The Morgan fingerprint density at radius 2 is 1.40 bits per heavy atom. The summed E-state index contributed by atoms with van der Waals surface area (Å²) < 4.78 is 14.5. The lowest BCUT2D eigenvalue weighted by Gasteiger charge is -2.44. The fourth-order valence-corrected chi connectivity index (χ4v) is 7.03. The average Bonchev–Trinajstić information content (AvgIpc) is 3.28. The Kier molecular flexibility index (Phi) is 7.19. The van der Waals surface area contributed by atoms with Crippen molar-refractivity contribution in [1.82, 2.24) is 9.80 Å². The van der Waals surface area contributed by atoms with Crippen LogP contribution >= 0.6 is 0 Å². The summed E-state index contributed by atoms with van der Waals surface area (Å²) in [6.07, 6.45) is 1.87. The zero-order valence-electron chi connectivity index (χ0n) is 21.5. The molecule has 6 atom stereocenters. The number of phenolic OH excluding ortho intramolecular Hbond substituents is 1. The first-order valence-electron chi connectivity index (χ1n) is 13.3. The second-order valence-electron chi connectivity index (χ2n) is 10.9. The summed E-state index contributed by atoms with van der Waals surface area (Å²) in [6, 6.07) is 3.74. The van der Waals surface area contributed by atoms with Crippen molar-refractivity contribution in [3.8, 4) is 5.75 Å². The summed E-state index contributed by atoms with van der Waals surface area (Å²) in [7, 11) is 0. The molecule has 0 radical (unpaired) electrons. The van der Waals surface area contributed by atoms with E-state index in [0.717, 1.165) is 21.9 Å². The minimum Gasteiger partial charge on any atom is -0.505 e. The lowest BCUT2D eigenvalue weighted by molar-refractivity contribution is -0.143. The van der Waals surface area contributed by atoms with Gasteiger partial charge in [-0.15, -0.1) is 0 Å². The number of phenols is 1. The van der Waals surface area contributed by atoms with E-state index in [1.807, 2.05) is 0 Å². The van der Waals surface area contributed by atoms with Crippen LogP contribution in [-0.2, 0) is 28.8 Å². The third-order valence-electron chi connectivity index (χ3n) is 8.71. The lowest BCUT2D eigenvalue weighted by Crippen LogP contribution is -2.43. The van der Waals surface area contributed by atoms with Crippen LogP contribution in [0.2, 0.25) is 0 Å². The number of imide groups is 2. The first-order chi connectivity index (χ1) is 19.0. The van der Waals surface area contributed by atoms with Crippen LogP contribution in [0.25, 0.3) is 0 Å². The number of rotatable bonds is 9. The maximum Gasteiger partial charge on any atom is 0.303 e. The topological polar surface area (TPSA) is 170 Å². The molecule has 0 aromatic heterocycles. The molecule has 11 nitrogen and oxygen atoms in total. The van der Waals surface area contributed by atoms with Crippen LogP contribution in [-0.4, -0.2) is 73.8 Å². The summed E-state index contributed by atoms with van der Waals surface area (Å²) in [6.45, 7) is -0.120. The van der Waals surface area contributed by atoms with Gasteiger partial charge in [-0.3, -0.25) is 38.6 Å². The van der Waals surface area contributed by atoms with Crippen LogP contribution in [0.3, 0.4) is 0 Å². The van der Waals surface area contributed by atoms with Gasteiger partial charge in [-0.2, -0.15) is 0 Å². The van der Waals surface area contributed by atoms with Crippen LogP contribution < -0.4 is 0 Å². The smallest absolute Gasteiger partial charge is 0.303 e. The number of hydrogen-bond donors (Lipinski definition) is 3. The number of hydrogen-bond acceptors (Lipinski definition) is 7. The molecule has 5 rings (SSSR count). The minimum absolute atomic E-state index is 0.0353. The maximum absolute atomic E-state index is 14.5. The lowest BCUT2D eigenvalue weighted by atomic mass is 9.57. The Bertz CT molecular complexity index is 1340. The molecule has 1 aromatic rings. The molecule has 0 unspecified atom stereocenters. The summed E-state index contributed by atoms with van der Waals surface area (Å²) in [4.78, 5) is 77.9. The molecule has 1 saturated carbocycles. The van der Waals surface area contributed by atoms with Crippen molar-refractivity contribution in [2.45, 2.75) is 44.4 Å². The Balaban J connectivity index is 1.51. The summed E-state index contributed by atoms with van der Waals surface area (Å²) in [5.74, 6) is -10.0. The van der Waals surface area contributed by atoms with E-state index in [4.69, 9.17) is 10.2 Å². The molecule has 12 heteroatoms. The molecule has 4 aliphatic rings. The van der Waals surface area contributed by atoms with Crippen LogP contribution in [0.15, 0.2) is 29.8 Å². The van der Waals surface area contributed by atoms with Gasteiger partial charge in [0.2, 0.25) is 23.6 Å². The molecule has 3 N–H and O–H groups in total. The summed E-state index contributed by atoms with van der Waals surface area (Å²) in [5.41, 5.74) is 1.01. The number of amides is 4. The van der Waals surface area contributed by atoms with Gasteiger partial charge in [-0.05, 0) is 49.3 Å². The first-order valence-corrected chi connectivity index (χ1v) is 13.3. The van der Waals surface area contributed by atoms with E-state index < -0.39 is 82.6 Å². The highest BCUT2D eigenvalue weighted by Crippen LogP contribution is 2.58. The van der Waals surface area contributed by atoms with Gasteiger partial charge < -0.3 is 15.3 Å². The number of aromatic hydroxyl groups is 1. The zero-order chi connectivity index (χ0) is 28.9. The van der Waals surface area contributed by atoms with Crippen molar-refractivity contribution in [3.05, 3.63) is 41.2 Å². The highest BCUT2D eigenvalue weighted by Gasteiger charge is 2.61. The Labute approximate surface area is 228 Å². The SMILES string of the molecule is O=C(O)CCCN1C(=O)[C@H]2[C@H](CC=C3[C@H]2C[C@H]2C(=O)N(CCCC(=O)O)C(=O)[C@H]2[C@H]3c2ccc(O)c(F)c2)C1=O. The molecule has 2 heterocycles. The average molecular weight is 557 g/mol. The monoisotopic (exact) mass is 556 g/mol. The molecular weight excluding hydrogens is 527 g/mol. The molecule has 40 heavy (non-hydrogen) atoms.